The van der Waals surface area contributed by atoms with Crippen molar-refractivity contribution in [3.63, 3.8) is 0 Å². The summed E-state index contributed by atoms with van der Waals surface area (Å²) in [6.45, 7) is 0.412. The van der Waals surface area contributed by atoms with Gasteiger partial charge in [-0.1, -0.05) is 53.5 Å². The van der Waals surface area contributed by atoms with Gasteiger partial charge in [-0.2, -0.15) is 0 Å². The molecule has 0 bridgehead atoms. The molecule has 36 heavy (non-hydrogen) atoms. The fourth-order valence-corrected chi connectivity index (χ4v) is 5.05. The minimum Gasteiger partial charge on any atom is -0.405 e. The van der Waals surface area contributed by atoms with Crippen LogP contribution in [0.3, 0.4) is 0 Å². The van der Waals surface area contributed by atoms with E-state index in [4.69, 9.17) is 27.9 Å². The molecule has 0 fully saturated rings. The molecule has 5 nitrogen and oxygen atoms in total. The number of ether oxygens (including phenoxy) is 2. The third-order valence-electron chi connectivity index (χ3n) is 5.01. The van der Waals surface area contributed by atoms with Crippen molar-refractivity contribution in [2.24, 2.45) is 4.99 Å². The molecule has 0 spiro atoms. The Hall–Kier alpha value is -2.59. The fourth-order valence-electron chi connectivity index (χ4n) is 3.36. The lowest BCUT2D eigenvalue weighted by atomic mass is 10.0. The maximum absolute atomic E-state index is 12.8. The van der Waals surface area contributed by atoms with Crippen molar-refractivity contribution in [2.75, 3.05) is 31.8 Å². The molecule has 11 heteroatoms. The molecule has 192 valence electrons. The van der Waals surface area contributed by atoms with Gasteiger partial charge < -0.3 is 14.8 Å². The van der Waals surface area contributed by atoms with E-state index >= 15 is 0 Å². The average molecular weight is 559 g/mol. The van der Waals surface area contributed by atoms with Crippen molar-refractivity contribution < 1.29 is 26.9 Å². The van der Waals surface area contributed by atoms with Gasteiger partial charge in [-0.3, -0.25) is 9.20 Å². The lowest BCUT2D eigenvalue weighted by Crippen LogP contribution is -2.17. The Morgan fingerprint density at radius 2 is 1.69 bits per heavy atom. The number of methoxy groups -OCH3 is 1. The van der Waals surface area contributed by atoms with Crippen LogP contribution in [0.4, 0.5) is 18.9 Å². The summed E-state index contributed by atoms with van der Waals surface area (Å²) < 4.78 is 59.9. The number of hydrogen-bond donors (Lipinski definition) is 1. The number of hydrogen-bond acceptors (Lipinski definition) is 4. The molecular weight excluding hydrogens is 536 g/mol. The Morgan fingerprint density at radius 3 is 2.28 bits per heavy atom. The van der Waals surface area contributed by atoms with Crippen molar-refractivity contribution in [2.45, 2.75) is 17.7 Å². The molecule has 0 amide bonds. The third-order valence-corrected chi connectivity index (χ3v) is 6.94. The molecular formula is C25H23Cl2F3N2O3S. The van der Waals surface area contributed by atoms with E-state index in [-0.39, 0.29) is 21.2 Å². The van der Waals surface area contributed by atoms with Gasteiger partial charge in [0, 0.05) is 42.3 Å². The van der Waals surface area contributed by atoms with Crippen LogP contribution in [0.25, 0.3) is 11.1 Å². The van der Waals surface area contributed by atoms with E-state index in [1.165, 1.54) is 18.2 Å². The number of anilines is 1. The molecule has 1 unspecified atom stereocenters. The number of nitrogens with zero attached hydrogens (tertiary/aromatic N) is 1. The molecule has 3 aromatic carbocycles. The number of para-hydroxylation sites is 1. The van der Waals surface area contributed by atoms with Crippen molar-refractivity contribution in [1.82, 2.24) is 0 Å². The predicted octanol–water partition coefficient (Wildman–Crippen LogP) is 7.00. The van der Waals surface area contributed by atoms with Crippen LogP contribution in [0.15, 0.2) is 70.6 Å². The number of nitrogens with one attached hydrogen (secondary N) is 1. The summed E-state index contributed by atoms with van der Waals surface area (Å²) in [5.74, 6) is 0.615. The number of benzene rings is 3. The summed E-state index contributed by atoms with van der Waals surface area (Å²) in [6, 6.07) is 16.1. The van der Waals surface area contributed by atoms with E-state index in [1.54, 1.807) is 44.5 Å². The quantitative estimate of drug-likeness (QED) is 0.227. The molecule has 0 aliphatic heterocycles. The number of alkyl halides is 3. The van der Waals surface area contributed by atoms with Crippen molar-refractivity contribution in [1.29, 1.82) is 0 Å². The van der Waals surface area contributed by atoms with Crippen LogP contribution in [-0.2, 0) is 22.0 Å². The predicted molar refractivity (Wildman–Crippen MR) is 139 cm³/mol. The maximum atomic E-state index is 12.8. The summed E-state index contributed by atoms with van der Waals surface area (Å²) in [7, 11) is 2.05. The molecule has 1 atom stereocenters. The zero-order valence-electron chi connectivity index (χ0n) is 19.4. The highest BCUT2D eigenvalue weighted by molar-refractivity contribution is 7.85. The molecule has 0 aliphatic carbocycles. The molecule has 3 aromatic rings. The van der Waals surface area contributed by atoms with E-state index in [0.29, 0.717) is 35.2 Å². The van der Waals surface area contributed by atoms with E-state index in [1.807, 2.05) is 12.1 Å². The van der Waals surface area contributed by atoms with Gasteiger partial charge in [-0.15, -0.1) is 13.2 Å². The Morgan fingerprint density at radius 1 is 1.06 bits per heavy atom. The fraction of sp³-hybridized carbons (Fsp3) is 0.240. The van der Waals surface area contributed by atoms with Crippen molar-refractivity contribution in [3.8, 4) is 16.9 Å². The normalized spacial score (nSPS) is 12.9. The lowest BCUT2D eigenvalue weighted by molar-refractivity contribution is -0.274. The molecule has 0 aliphatic rings. The van der Waals surface area contributed by atoms with Crippen LogP contribution in [0.2, 0.25) is 10.0 Å². The van der Waals surface area contributed by atoms with Crippen LogP contribution in [0.5, 0.6) is 5.75 Å². The molecule has 0 radical (unpaired) electrons. The van der Waals surface area contributed by atoms with Crippen LogP contribution in [0, 0.1) is 0 Å². The van der Waals surface area contributed by atoms with Gasteiger partial charge >= 0.3 is 6.36 Å². The van der Waals surface area contributed by atoms with Gasteiger partial charge in [0.05, 0.1) is 33.2 Å². The second kappa shape index (κ2) is 12.6. The van der Waals surface area contributed by atoms with E-state index < -0.39 is 22.9 Å². The monoisotopic (exact) mass is 558 g/mol. The van der Waals surface area contributed by atoms with Gasteiger partial charge in [0.25, 0.3) is 0 Å². The molecule has 0 aromatic heterocycles. The van der Waals surface area contributed by atoms with Crippen molar-refractivity contribution in [3.05, 3.63) is 76.3 Å². The lowest BCUT2D eigenvalue weighted by Gasteiger charge is -2.17. The van der Waals surface area contributed by atoms with Crippen LogP contribution in [-0.4, -0.2) is 42.9 Å². The van der Waals surface area contributed by atoms with Gasteiger partial charge in [-0.05, 0) is 35.9 Å². The number of halogens is 5. The minimum absolute atomic E-state index is 0.115. The summed E-state index contributed by atoms with van der Waals surface area (Å²) in [6.07, 6.45) is -4.42. The zero-order chi connectivity index (χ0) is 26.3. The second-order valence-corrected chi connectivity index (χ2v) is 9.90. The number of amidine groups is 1. The Labute approximate surface area is 219 Å². The first-order valence-corrected chi connectivity index (χ1v) is 12.7. The highest BCUT2D eigenvalue weighted by atomic mass is 35.5. The summed E-state index contributed by atoms with van der Waals surface area (Å²) in [4.78, 5) is 4.98. The number of aliphatic imine (C=N–C) groups is 1. The Bertz CT molecular complexity index is 1230. The molecule has 0 heterocycles. The first kappa shape index (κ1) is 28.0. The Kier molecular flexibility index (Phi) is 9.78. The largest absolute Gasteiger partial charge is 0.573 e. The van der Waals surface area contributed by atoms with Crippen LogP contribution < -0.4 is 10.1 Å². The first-order valence-electron chi connectivity index (χ1n) is 10.6. The van der Waals surface area contributed by atoms with E-state index in [9.17, 15) is 17.4 Å². The van der Waals surface area contributed by atoms with Crippen LogP contribution in [0.1, 0.15) is 5.56 Å². The van der Waals surface area contributed by atoms with Gasteiger partial charge in [0.2, 0.25) is 0 Å². The van der Waals surface area contributed by atoms with Crippen molar-refractivity contribution >= 4 is 45.5 Å². The average Bonchev–Trinajstić information content (AvgIpc) is 2.82. The van der Waals surface area contributed by atoms with Gasteiger partial charge in [0.15, 0.2) is 0 Å². The molecule has 0 saturated carbocycles. The van der Waals surface area contributed by atoms with Gasteiger partial charge in [-0.25, -0.2) is 0 Å². The third kappa shape index (κ3) is 7.70. The van der Waals surface area contributed by atoms with Gasteiger partial charge in [0.1, 0.15) is 11.6 Å². The maximum Gasteiger partial charge on any atom is 0.573 e. The summed E-state index contributed by atoms with van der Waals surface area (Å²) in [5, 5.41) is 3.43. The Balaban J connectivity index is 1.78. The minimum atomic E-state index is -4.86. The number of rotatable bonds is 9. The van der Waals surface area contributed by atoms with E-state index in [0.717, 1.165) is 5.56 Å². The SMILES string of the molecule is CN=C(Cc1ccc(S(=O)CCOC)cc1)Nc1cc(Cl)c(-c2ccccc2OC(F)(F)F)c(Cl)c1. The highest BCUT2D eigenvalue weighted by Crippen LogP contribution is 2.42. The summed E-state index contributed by atoms with van der Waals surface area (Å²) >= 11 is 12.9. The summed E-state index contributed by atoms with van der Waals surface area (Å²) in [5.41, 5.74) is 1.78. The van der Waals surface area contributed by atoms with Crippen LogP contribution >= 0.6 is 23.2 Å². The molecule has 1 N–H and O–H groups in total. The first-order chi connectivity index (χ1) is 17.1. The zero-order valence-corrected chi connectivity index (χ0v) is 21.7. The van der Waals surface area contributed by atoms with E-state index in [2.05, 4.69) is 15.0 Å². The second-order valence-electron chi connectivity index (χ2n) is 7.52. The smallest absolute Gasteiger partial charge is 0.405 e. The molecule has 0 saturated heterocycles. The topological polar surface area (TPSA) is 59.9 Å². The molecule has 3 rings (SSSR count). The highest BCUT2D eigenvalue weighted by Gasteiger charge is 2.32. The standard InChI is InChI=1S/C25H23Cl2F3N2O3S/c1-31-23(13-16-7-9-18(10-8-16)36(33)12-11-34-2)32-17-14-20(26)24(21(27)15-17)19-5-3-4-6-22(19)35-25(28,29)30/h3-10,14-15H,11-13H2,1-2H3,(H,31,32).